The molecule has 0 aliphatic carbocycles. The molecule has 180 valence electrons. The molecule has 0 bridgehead atoms. The molecule has 0 spiro atoms. The second kappa shape index (κ2) is 8.92. The van der Waals surface area contributed by atoms with Crippen molar-refractivity contribution in [1.82, 2.24) is 23.7 Å². The molecule has 1 aliphatic rings. The Bertz CT molecular complexity index is 1680. The van der Waals surface area contributed by atoms with Gasteiger partial charge in [-0.25, -0.2) is 4.79 Å². The van der Waals surface area contributed by atoms with Gasteiger partial charge < -0.3 is 15.6 Å². The molecule has 1 atom stereocenters. The monoisotopic (exact) mass is 473 g/mol. The van der Waals surface area contributed by atoms with Gasteiger partial charge in [0.1, 0.15) is 0 Å². The van der Waals surface area contributed by atoms with E-state index in [4.69, 9.17) is 10.7 Å². The largest absolute Gasteiger partial charge is 0.341 e. The minimum absolute atomic E-state index is 0.0134. The summed E-state index contributed by atoms with van der Waals surface area (Å²) in [6, 6.07) is 8.98. The van der Waals surface area contributed by atoms with Gasteiger partial charge in [-0.1, -0.05) is 24.1 Å². The zero-order chi connectivity index (χ0) is 24.7. The van der Waals surface area contributed by atoms with Crippen LogP contribution in [0.5, 0.6) is 0 Å². The molecular weight excluding hydrogens is 446 g/mol. The zero-order valence-corrected chi connectivity index (χ0v) is 19.7. The van der Waals surface area contributed by atoms with E-state index in [0.717, 1.165) is 29.3 Å². The number of hydrogen-bond donors (Lipinski definition) is 2. The molecule has 0 saturated carbocycles. The lowest BCUT2D eigenvalue weighted by molar-refractivity contribution is 0.496. The van der Waals surface area contributed by atoms with Crippen LogP contribution in [-0.2, 0) is 20.1 Å². The molecule has 10 heteroatoms. The summed E-state index contributed by atoms with van der Waals surface area (Å²) in [4.78, 5) is 49.1. The molecule has 1 aromatic carbocycles. The molecule has 3 N–H and O–H groups in total. The Kier molecular flexibility index (Phi) is 5.78. The van der Waals surface area contributed by atoms with Crippen molar-refractivity contribution >= 4 is 27.9 Å². The number of piperidine rings is 1. The molecule has 10 nitrogen and oxygen atoms in total. The molecule has 3 aromatic heterocycles. The van der Waals surface area contributed by atoms with Crippen LogP contribution in [0.1, 0.15) is 25.5 Å². The van der Waals surface area contributed by atoms with Crippen molar-refractivity contribution in [2.75, 3.05) is 18.0 Å². The first-order valence-corrected chi connectivity index (χ1v) is 11.6. The van der Waals surface area contributed by atoms with E-state index in [-0.39, 0.29) is 24.7 Å². The lowest BCUT2D eigenvalue weighted by Gasteiger charge is -2.31. The van der Waals surface area contributed by atoms with Crippen LogP contribution in [0, 0.1) is 11.8 Å². The molecule has 0 unspecified atom stereocenters. The van der Waals surface area contributed by atoms with E-state index in [0.29, 0.717) is 34.7 Å². The number of aromatic nitrogens is 5. The molecule has 35 heavy (non-hydrogen) atoms. The number of imidazole rings is 1. The maximum absolute atomic E-state index is 13.7. The van der Waals surface area contributed by atoms with E-state index in [1.54, 1.807) is 36.7 Å². The second-order valence-corrected chi connectivity index (χ2v) is 8.89. The number of aryl methyl sites for hydroxylation is 1. The summed E-state index contributed by atoms with van der Waals surface area (Å²) in [5.41, 5.74) is 6.01. The quantitative estimate of drug-likeness (QED) is 0.421. The third kappa shape index (κ3) is 3.94. The predicted molar refractivity (Wildman–Crippen MR) is 136 cm³/mol. The molecule has 0 amide bonds. The van der Waals surface area contributed by atoms with E-state index in [2.05, 4.69) is 21.7 Å². The first-order chi connectivity index (χ1) is 16.9. The minimum Gasteiger partial charge on any atom is -0.341 e. The van der Waals surface area contributed by atoms with Crippen molar-refractivity contribution in [3.05, 3.63) is 67.2 Å². The number of nitrogens with one attached hydrogen (secondary N) is 1. The summed E-state index contributed by atoms with van der Waals surface area (Å²) >= 11 is 0. The van der Waals surface area contributed by atoms with Gasteiger partial charge in [-0.2, -0.15) is 4.98 Å². The highest BCUT2D eigenvalue weighted by molar-refractivity contribution is 5.81. The predicted octanol–water partition coefficient (Wildman–Crippen LogP) is 0.737. The summed E-state index contributed by atoms with van der Waals surface area (Å²) in [7, 11) is 1.60. The van der Waals surface area contributed by atoms with Gasteiger partial charge in [0.25, 0.3) is 11.1 Å². The Morgan fingerprint density at radius 3 is 2.77 bits per heavy atom. The fourth-order valence-electron chi connectivity index (χ4n) is 4.76. The van der Waals surface area contributed by atoms with Crippen molar-refractivity contribution in [2.24, 2.45) is 12.8 Å². The van der Waals surface area contributed by atoms with Crippen LogP contribution in [0.4, 0.5) is 5.95 Å². The standard InChI is InChI=1S/C25H27N7O3/c1-3-4-12-31-20-21(28-24(31)30-11-7-9-17(26)14-30)29(2)25(35)32(23(20)34)15-18-13-16-8-5-6-10-19(16)22(33)27-18/h5-6,8,10,13,17H,7,9,11-12,14-15,26H2,1-2H3,(H,27,33)/t17-/m1/s1. The summed E-state index contributed by atoms with van der Waals surface area (Å²) in [6.45, 7) is 3.30. The third-order valence-corrected chi connectivity index (χ3v) is 6.50. The molecule has 1 aliphatic heterocycles. The van der Waals surface area contributed by atoms with Gasteiger partial charge >= 0.3 is 5.69 Å². The maximum atomic E-state index is 13.7. The van der Waals surface area contributed by atoms with Crippen LogP contribution in [0.3, 0.4) is 0 Å². The Hall–Kier alpha value is -4.10. The fourth-order valence-corrected chi connectivity index (χ4v) is 4.76. The number of benzene rings is 1. The normalized spacial score (nSPS) is 16.0. The van der Waals surface area contributed by atoms with Crippen LogP contribution < -0.4 is 27.4 Å². The van der Waals surface area contributed by atoms with Crippen LogP contribution in [0.2, 0.25) is 0 Å². The van der Waals surface area contributed by atoms with Gasteiger partial charge in [-0.05, 0) is 37.3 Å². The van der Waals surface area contributed by atoms with Gasteiger partial charge in [-0.15, -0.1) is 5.92 Å². The smallest absolute Gasteiger partial charge is 0.332 e. The molecular formula is C25H27N7O3. The number of fused-ring (bicyclic) bond motifs is 2. The van der Waals surface area contributed by atoms with Gasteiger partial charge in [0.05, 0.1) is 13.1 Å². The van der Waals surface area contributed by atoms with Crippen molar-refractivity contribution < 1.29 is 0 Å². The molecule has 1 fully saturated rings. The van der Waals surface area contributed by atoms with Gasteiger partial charge in [0.15, 0.2) is 11.2 Å². The number of anilines is 1. The molecule has 4 heterocycles. The van der Waals surface area contributed by atoms with Gasteiger partial charge in [-0.3, -0.25) is 23.3 Å². The minimum atomic E-state index is -0.510. The van der Waals surface area contributed by atoms with Crippen molar-refractivity contribution in [1.29, 1.82) is 0 Å². The van der Waals surface area contributed by atoms with Crippen molar-refractivity contribution in [3.8, 4) is 11.8 Å². The van der Waals surface area contributed by atoms with Crippen molar-refractivity contribution in [2.45, 2.75) is 38.9 Å². The zero-order valence-electron chi connectivity index (χ0n) is 19.7. The molecule has 1 saturated heterocycles. The lowest BCUT2D eigenvalue weighted by Crippen LogP contribution is -2.44. The average Bonchev–Trinajstić information content (AvgIpc) is 3.24. The summed E-state index contributed by atoms with van der Waals surface area (Å²) in [5, 5.41) is 1.29. The van der Waals surface area contributed by atoms with Crippen LogP contribution >= 0.6 is 0 Å². The third-order valence-electron chi connectivity index (χ3n) is 6.50. The summed E-state index contributed by atoms with van der Waals surface area (Å²) in [5.74, 6) is 6.48. The SMILES string of the molecule is CC#CCn1c(N2CCC[C@@H](N)C2)nc2c1c(=O)n(Cc1cc3ccccc3c(=O)[nH]1)c(=O)n2C. The first kappa shape index (κ1) is 22.7. The maximum Gasteiger partial charge on any atom is 0.332 e. The Morgan fingerprint density at radius 2 is 2.00 bits per heavy atom. The lowest BCUT2D eigenvalue weighted by atomic mass is 10.1. The topological polar surface area (TPSA) is 124 Å². The second-order valence-electron chi connectivity index (χ2n) is 8.89. The van der Waals surface area contributed by atoms with Crippen molar-refractivity contribution in [3.63, 3.8) is 0 Å². The van der Waals surface area contributed by atoms with Crippen LogP contribution in [-0.4, -0.2) is 42.8 Å². The summed E-state index contributed by atoms with van der Waals surface area (Å²) in [6.07, 6.45) is 1.85. The van der Waals surface area contributed by atoms with Gasteiger partial charge in [0, 0.05) is 37.3 Å². The Morgan fingerprint density at radius 1 is 1.20 bits per heavy atom. The molecule has 5 rings (SSSR count). The number of aromatic amines is 1. The number of hydrogen-bond acceptors (Lipinski definition) is 6. The molecule has 0 radical (unpaired) electrons. The number of nitrogens with two attached hydrogens (primary N) is 1. The van der Waals surface area contributed by atoms with E-state index >= 15 is 0 Å². The summed E-state index contributed by atoms with van der Waals surface area (Å²) < 4.78 is 4.27. The van der Waals surface area contributed by atoms with Crippen LogP contribution in [0.25, 0.3) is 21.9 Å². The number of nitrogens with zero attached hydrogens (tertiary/aromatic N) is 5. The number of rotatable bonds is 4. The highest BCUT2D eigenvalue weighted by atomic mass is 16.2. The highest BCUT2D eigenvalue weighted by Crippen LogP contribution is 2.23. The van der Waals surface area contributed by atoms with E-state index < -0.39 is 11.2 Å². The molecule has 4 aromatic rings. The highest BCUT2D eigenvalue weighted by Gasteiger charge is 2.26. The number of H-pyrrole nitrogens is 1. The number of pyridine rings is 1. The fraction of sp³-hybridized carbons (Fsp3) is 0.360. The Balaban J connectivity index is 1.70. The average molecular weight is 474 g/mol. The first-order valence-electron chi connectivity index (χ1n) is 11.6. The van der Waals surface area contributed by atoms with Crippen LogP contribution in [0.15, 0.2) is 44.7 Å². The van der Waals surface area contributed by atoms with E-state index in [9.17, 15) is 14.4 Å². The van der Waals surface area contributed by atoms with E-state index in [1.165, 1.54) is 4.57 Å². The van der Waals surface area contributed by atoms with Gasteiger partial charge in [0.2, 0.25) is 5.95 Å². The van der Waals surface area contributed by atoms with E-state index in [1.807, 2.05) is 12.1 Å². The Labute approximate surface area is 200 Å².